The van der Waals surface area contributed by atoms with Gasteiger partial charge in [0.15, 0.2) is 5.38 Å². The largest absolute Gasteiger partial charge is 0.496 e. The highest BCUT2D eigenvalue weighted by atomic mass is 35.5. The Kier molecular flexibility index (Phi) is 4.82. The molecule has 4 heteroatoms. The van der Waals surface area contributed by atoms with Crippen molar-refractivity contribution in [2.45, 2.75) is 26.1 Å². The van der Waals surface area contributed by atoms with Gasteiger partial charge in [0.25, 0.3) is 0 Å². The van der Waals surface area contributed by atoms with E-state index in [4.69, 9.17) is 21.1 Å². The van der Waals surface area contributed by atoms with Gasteiger partial charge in [0.2, 0.25) is 0 Å². The minimum absolute atomic E-state index is 0.330. The maximum absolute atomic E-state index is 11.6. The molecule has 0 amide bonds. The SMILES string of the molecule is CCOC(=O)C(Cl)c1ccc(OC)c(C)c1C. The molecule has 1 unspecified atom stereocenters. The van der Waals surface area contributed by atoms with Crippen LogP contribution in [0.25, 0.3) is 0 Å². The van der Waals surface area contributed by atoms with Crippen LogP contribution in [-0.2, 0) is 9.53 Å². The van der Waals surface area contributed by atoms with Crippen molar-refractivity contribution in [2.24, 2.45) is 0 Å². The summed E-state index contributed by atoms with van der Waals surface area (Å²) in [4.78, 5) is 11.6. The van der Waals surface area contributed by atoms with Gasteiger partial charge in [-0.2, -0.15) is 0 Å². The molecule has 0 radical (unpaired) electrons. The van der Waals surface area contributed by atoms with Gasteiger partial charge in [-0.25, -0.2) is 0 Å². The molecule has 0 saturated carbocycles. The minimum Gasteiger partial charge on any atom is -0.496 e. The molecule has 3 nitrogen and oxygen atoms in total. The molecule has 1 atom stereocenters. The highest BCUT2D eigenvalue weighted by Gasteiger charge is 2.22. The lowest BCUT2D eigenvalue weighted by atomic mass is 10.00. The predicted molar refractivity (Wildman–Crippen MR) is 67.7 cm³/mol. The van der Waals surface area contributed by atoms with E-state index in [1.54, 1.807) is 20.1 Å². The van der Waals surface area contributed by atoms with Crippen molar-refractivity contribution in [2.75, 3.05) is 13.7 Å². The van der Waals surface area contributed by atoms with E-state index >= 15 is 0 Å². The first-order chi connectivity index (χ1) is 8.02. The quantitative estimate of drug-likeness (QED) is 0.613. The second-order valence-electron chi connectivity index (χ2n) is 3.72. The molecule has 0 saturated heterocycles. The summed E-state index contributed by atoms with van der Waals surface area (Å²) in [6.07, 6.45) is 0. The Hall–Kier alpha value is -1.22. The summed E-state index contributed by atoms with van der Waals surface area (Å²) in [6, 6.07) is 3.61. The third kappa shape index (κ3) is 2.91. The van der Waals surface area contributed by atoms with Crippen LogP contribution in [0.4, 0.5) is 0 Å². The number of hydrogen-bond acceptors (Lipinski definition) is 3. The second-order valence-corrected chi connectivity index (χ2v) is 4.16. The summed E-state index contributed by atoms with van der Waals surface area (Å²) in [5.41, 5.74) is 2.71. The zero-order valence-corrected chi connectivity index (χ0v) is 11.3. The topological polar surface area (TPSA) is 35.5 Å². The molecule has 17 heavy (non-hydrogen) atoms. The summed E-state index contributed by atoms with van der Waals surface area (Å²) >= 11 is 6.09. The monoisotopic (exact) mass is 256 g/mol. The number of rotatable bonds is 4. The molecule has 1 aromatic rings. The number of methoxy groups -OCH3 is 1. The molecule has 1 aromatic carbocycles. The van der Waals surface area contributed by atoms with E-state index in [1.165, 1.54) is 0 Å². The third-order valence-electron chi connectivity index (χ3n) is 2.77. The molecular weight excluding hydrogens is 240 g/mol. The summed E-state index contributed by atoms with van der Waals surface area (Å²) < 4.78 is 10.1. The summed E-state index contributed by atoms with van der Waals surface area (Å²) in [5, 5.41) is -0.764. The Labute approximate surface area is 107 Å². The van der Waals surface area contributed by atoms with Gasteiger partial charge in [0.05, 0.1) is 13.7 Å². The molecule has 0 heterocycles. The fourth-order valence-electron chi connectivity index (χ4n) is 1.65. The average Bonchev–Trinajstić information content (AvgIpc) is 2.32. The van der Waals surface area contributed by atoms with E-state index in [2.05, 4.69) is 0 Å². The highest BCUT2D eigenvalue weighted by molar-refractivity contribution is 6.30. The normalized spacial score (nSPS) is 12.1. The lowest BCUT2D eigenvalue weighted by Gasteiger charge is -2.15. The molecule has 0 fully saturated rings. The van der Waals surface area contributed by atoms with Gasteiger partial charge >= 0.3 is 5.97 Å². The number of alkyl halides is 1. The predicted octanol–water partition coefficient (Wildman–Crippen LogP) is 3.16. The number of carbonyl (C=O) groups is 1. The first-order valence-corrected chi connectivity index (χ1v) is 5.91. The van der Waals surface area contributed by atoms with Crippen molar-refractivity contribution >= 4 is 17.6 Å². The standard InChI is InChI=1S/C13H17ClO3/c1-5-17-13(15)12(14)10-6-7-11(16-4)9(3)8(10)2/h6-7,12H,5H2,1-4H3. The Morgan fingerprint density at radius 3 is 2.53 bits per heavy atom. The number of benzene rings is 1. The van der Waals surface area contributed by atoms with Crippen LogP contribution in [-0.4, -0.2) is 19.7 Å². The Bertz CT molecular complexity index is 415. The first-order valence-electron chi connectivity index (χ1n) is 5.47. The van der Waals surface area contributed by atoms with E-state index in [1.807, 2.05) is 19.9 Å². The second kappa shape index (κ2) is 5.92. The van der Waals surface area contributed by atoms with Crippen molar-refractivity contribution in [1.82, 2.24) is 0 Å². The van der Waals surface area contributed by atoms with Crippen LogP contribution in [0.2, 0.25) is 0 Å². The van der Waals surface area contributed by atoms with E-state index < -0.39 is 11.3 Å². The number of hydrogen-bond donors (Lipinski definition) is 0. The molecule has 0 aliphatic rings. The summed E-state index contributed by atoms with van der Waals surface area (Å²) in [6.45, 7) is 5.94. The summed E-state index contributed by atoms with van der Waals surface area (Å²) in [7, 11) is 1.62. The van der Waals surface area contributed by atoms with Gasteiger partial charge in [-0.15, -0.1) is 11.6 Å². The molecule has 0 bridgehead atoms. The van der Waals surface area contributed by atoms with Crippen LogP contribution < -0.4 is 4.74 Å². The van der Waals surface area contributed by atoms with Crippen molar-refractivity contribution in [3.05, 3.63) is 28.8 Å². The van der Waals surface area contributed by atoms with Crippen LogP contribution in [0.5, 0.6) is 5.75 Å². The maximum atomic E-state index is 11.6. The molecule has 0 aliphatic carbocycles. The van der Waals surface area contributed by atoms with Crippen molar-refractivity contribution in [3.8, 4) is 5.75 Å². The Balaban J connectivity index is 3.07. The molecule has 0 aromatic heterocycles. The van der Waals surface area contributed by atoms with E-state index in [-0.39, 0.29) is 0 Å². The van der Waals surface area contributed by atoms with Gasteiger partial charge in [-0.1, -0.05) is 6.07 Å². The van der Waals surface area contributed by atoms with Crippen LogP contribution in [0.3, 0.4) is 0 Å². The Morgan fingerprint density at radius 2 is 2.00 bits per heavy atom. The molecular formula is C13H17ClO3. The van der Waals surface area contributed by atoms with Crippen LogP contribution in [0.1, 0.15) is 29.0 Å². The van der Waals surface area contributed by atoms with Gasteiger partial charge < -0.3 is 9.47 Å². The fourth-order valence-corrected chi connectivity index (χ4v) is 1.95. The number of ether oxygens (including phenoxy) is 2. The van der Waals surface area contributed by atoms with Crippen LogP contribution >= 0.6 is 11.6 Å². The fraction of sp³-hybridized carbons (Fsp3) is 0.462. The van der Waals surface area contributed by atoms with E-state index in [0.717, 1.165) is 22.4 Å². The van der Waals surface area contributed by atoms with Gasteiger partial charge in [0, 0.05) is 0 Å². The average molecular weight is 257 g/mol. The van der Waals surface area contributed by atoms with Gasteiger partial charge in [-0.05, 0) is 43.5 Å². The maximum Gasteiger partial charge on any atom is 0.328 e. The molecule has 94 valence electrons. The van der Waals surface area contributed by atoms with Crippen molar-refractivity contribution < 1.29 is 14.3 Å². The Morgan fingerprint density at radius 1 is 1.35 bits per heavy atom. The first kappa shape index (κ1) is 13.8. The minimum atomic E-state index is -0.764. The molecule has 0 N–H and O–H groups in total. The number of halogens is 1. The smallest absolute Gasteiger partial charge is 0.328 e. The third-order valence-corrected chi connectivity index (χ3v) is 3.18. The summed E-state index contributed by atoms with van der Waals surface area (Å²) in [5.74, 6) is 0.376. The van der Waals surface area contributed by atoms with Crippen molar-refractivity contribution in [3.63, 3.8) is 0 Å². The lowest BCUT2D eigenvalue weighted by molar-refractivity contribution is -0.142. The molecule has 0 aliphatic heterocycles. The number of carbonyl (C=O) groups excluding carboxylic acids is 1. The van der Waals surface area contributed by atoms with E-state index in [0.29, 0.717) is 6.61 Å². The van der Waals surface area contributed by atoms with Crippen LogP contribution in [0.15, 0.2) is 12.1 Å². The van der Waals surface area contributed by atoms with E-state index in [9.17, 15) is 4.79 Å². The van der Waals surface area contributed by atoms with Gasteiger partial charge in [0.1, 0.15) is 5.75 Å². The zero-order chi connectivity index (χ0) is 13.0. The highest BCUT2D eigenvalue weighted by Crippen LogP contribution is 2.31. The number of esters is 1. The van der Waals surface area contributed by atoms with Crippen molar-refractivity contribution in [1.29, 1.82) is 0 Å². The molecule has 0 spiro atoms. The van der Waals surface area contributed by atoms with Crippen LogP contribution in [0, 0.1) is 13.8 Å². The van der Waals surface area contributed by atoms with Gasteiger partial charge in [-0.3, -0.25) is 4.79 Å². The molecule has 1 rings (SSSR count). The lowest BCUT2D eigenvalue weighted by Crippen LogP contribution is -2.12. The zero-order valence-electron chi connectivity index (χ0n) is 10.5.